The Kier molecular flexibility index (Phi) is 6.59. The average Bonchev–Trinajstić information content (AvgIpc) is 2.88. The maximum atomic E-state index is 12.2. The first-order valence-electron chi connectivity index (χ1n) is 8.43. The quantitative estimate of drug-likeness (QED) is 0.726. The number of hydrogen-bond donors (Lipinski definition) is 0. The fourth-order valence-corrected chi connectivity index (χ4v) is 2.91. The van der Waals surface area contributed by atoms with Crippen molar-refractivity contribution in [2.75, 3.05) is 13.6 Å². The van der Waals surface area contributed by atoms with E-state index in [-0.39, 0.29) is 11.8 Å². The lowest BCUT2D eigenvalue weighted by molar-refractivity contribution is -0.125. The van der Waals surface area contributed by atoms with Gasteiger partial charge in [-0.05, 0) is 38.5 Å². The zero-order valence-corrected chi connectivity index (χ0v) is 16.3. The van der Waals surface area contributed by atoms with Gasteiger partial charge in [-0.3, -0.25) is 9.48 Å². The summed E-state index contributed by atoms with van der Waals surface area (Å²) in [5, 5.41) is 14.1. The Morgan fingerprint density at radius 3 is 2.77 bits per heavy atom. The molecule has 0 aliphatic rings. The third-order valence-corrected chi connectivity index (χ3v) is 4.62. The molecule has 136 valence electrons. The van der Waals surface area contributed by atoms with Crippen molar-refractivity contribution in [2.45, 2.75) is 27.3 Å². The standard InChI is InChI=1S/C20H23ClN4O/c1-14(11-22)12-24(4)20(26)10-9-18-15(2)23-25(16(18)3)13-17-7-5-6-8-19(17)21/h5-10,14H,12-13H2,1-4H3/b10-9+/t14-/m1/s1. The van der Waals surface area contributed by atoms with Crippen LogP contribution in [0.3, 0.4) is 0 Å². The minimum atomic E-state index is -0.195. The molecule has 1 aromatic heterocycles. The number of carbonyl (C=O) groups is 1. The Balaban J connectivity index is 2.16. The van der Waals surface area contributed by atoms with Gasteiger partial charge in [0.15, 0.2) is 0 Å². The molecule has 0 spiro atoms. The number of nitrogens with zero attached hydrogens (tertiary/aromatic N) is 4. The monoisotopic (exact) mass is 370 g/mol. The molecule has 0 N–H and O–H groups in total. The summed E-state index contributed by atoms with van der Waals surface area (Å²) in [7, 11) is 1.70. The third-order valence-electron chi connectivity index (χ3n) is 4.25. The highest BCUT2D eigenvalue weighted by Crippen LogP contribution is 2.20. The molecule has 1 amide bonds. The highest BCUT2D eigenvalue weighted by molar-refractivity contribution is 6.31. The van der Waals surface area contributed by atoms with E-state index in [4.69, 9.17) is 16.9 Å². The van der Waals surface area contributed by atoms with Crippen molar-refractivity contribution in [1.82, 2.24) is 14.7 Å². The number of aromatic nitrogens is 2. The van der Waals surface area contributed by atoms with Crippen molar-refractivity contribution in [2.24, 2.45) is 5.92 Å². The minimum Gasteiger partial charge on any atom is -0.341 e. The first kappa shape index (κ1) is 19.7. The minimum absolute atomic E-state index is 0.134. The van der Waals surface area contributed by atoms with Gasteiger partial charge in [-0.2, -0.15) is 10.4 Å². The highest BCUT2D eigenvalue weighted by atomic mass is 35.5. The summed E-state index contributed by atoms with van der Waals surface area (Å²) in [6.07, 6.45) is 3.32. The lowest BCUT2D eigenvalue weighted by Gasteiger charge is -2.15. The van der Waals surface area contributed by atoms with E-state index in [0.717, 1.165) is 22.5 Å². The van der Waals surface area contributed by atoms with Gasteiger partial charge in [0.25, 0.3) is 0 Å². The molecular weight excluding hydrogens is 348 g/mol. The molecular formula is C20H23ClN4O. The van der Waals surface area contributed by atoms with Gasteiger partial charge in [-0.15, -0.1) is 0 Å². The molecule has 2 aromatic rings. The van der Waals surface area contributed by atoms with Gasteiger partial charge in [-0.25, -0.2) is 0 Å². The van der Waals surface area contributed by atoms with Gasteiger partial charge in [0.1, 0.15) is 0 Å². The van der Waals surface area contributed by atoms with E-state index in [1.165, 1.54) is 6.08 Å². The Labute approximate surface area is 159 Å². The summed E-state index contributed by atoms with van der Waals surface area (Å²) in [4.78, 5) is 13.8. The van der Waals surface area contributed by atoms with Crippen LogP contribution in [0, 0.1) is 31.1 Å². The topological polar surface area (TPSA) is 61.9 Å². The summed E-state index contributed by atoms with van der Waals surface area (Å²) < 4.78 is 1.89. The Morgan fingerprint density at radius 1 is 1.42 bits per heavy atom. The maximum Gasteiger partial charge on any atom is 0.246 e. The second-order valence-electron chi connectivity index (χ2n) is 6.42. The van der Waals surface area contributed by atoms with Crippen molar-refractivity contribution in [1.29, 1.82) is 5.26 Å². The zero-order valence-electron chi connectivity index (χ0n) is 15.5. The molecule has 0 radical (unpaired) electrons. The summed E-state index contributed by atoms with van der Waals surface area (Å²) in [5.41, 5.74) is 3.75. The molecule has 0 saturated carbocycles. The number of halogens is 1. The fourth-order valence-electron chi connectivity index (χ4n) is 2.72. The molecule has 0 aliphatic heterocycles. The van der Waals surface area contributed by atoms with Gasteiger partial charge in [-0.1, -0.05) is 29.8 Å². The van der Waals surface area contributed by atoms with Crippen molar-refractivity contribution >= 4 is 23.6 Å². The number of aryl methyl sites for hydroxylation is 1. The zero-order chi connectivity index (χ0) is 19.3. The molecule has 0 unspecified atom stereocenters. The Hall–Kier alpha value is -2.58. The molecule has 1 heterocycles. The van der Waals surface area contributed by atoms with Crippen molar-refractivity contribution < 1.29 is 4.79 Å². The van der Waals surface area contributed by atoms with Gasteiger partial charge in [0.05, 0.1) is 24.2 Å². The van der Waals surface area contributed by atoms with Crippen LogP contribution in [0.25, 0.3) is 6.08 Å². The number of benzene rings is 1. The van der Waals surface area contributed by atoms with Crippen LogP contribution in [0.5, 0.6) is 0 Å². The number of carbonyl (C=O) groups excluding carboxylic acids is 1. The first-order chi connectivity index (χ1) is 12.3. The van der Waals surface area contributed by atoms with E-state index in [9.17, 15) is 4.79 Å². The summed E-state index contributed by atoms with van der Waals surface area (Å²) >= 11 is 6.24. The number of rotatable bonds is 6. The second-order valence-corrected chi connectivity index (χ2v) is 6.82. The van der Waals surface area contributed by atoms with E-state index < -0.39 is 0 Å². The molecule has 6 heteroatoms. The molecule has 26 heavy (non-hydrogen) atoms. The van der Waals surface area contributed by atoms with Crippen molar-refractivity contribution in [3.8, 4) is 6.07 Å². The maximum absolute atomic E-state index is 12.2. The van der Waals surface area contributed by atoms with Crippen LogP contribution in [0.1, 0.15) is 29.4 Å². The molecule has 1 aromatic carbocycles. The Morgan fingerprint density at radius 2 is 2.12 bits per heavy atom. The molecule has 0 saturated heterocycles. The largest absolute Gasteiger partial charge is 0.341 e. The van der Waals surface area contributed by atoms with Crippen LogP contribution in [0.15, 0.2) is 30.3 Å². The Bertz CT molecular complexity index is 863. The van der Waals surface area contributed by atoms with E-state index >= 15 is 0 Å². The van der Waals surface area contributed by atoms with Crippen molar-refractivity contribution in [3.63, 3.8) is 0 Å². The van der Waals surface area contributed by atoms with E-state index in [1.54, 1.807) is 24.9 Å². The molecule has 2 rings (SSSR count). The third kappa shape index (κ3) is 4.74. The van der Waals surface area contributed by atoms with E-state index in [2.05, 4.69) is 11.2 Å². The summed E-state index contributed by atoms with van der Waals surface area (Å²) in [5.74, 6) is -0.330. The van der Waals surface area contributed by atoms with Gasteiger partial charge < -0.3 is 4.90 Å². The second kappa shape index (κ2) is 8.68. The van der Waals surface area contributed by atoms with Crippen LogP contribution < -0.4 is 0 Å². The fraction of sp³-hybridized carbons (Fsp3) is 0.350. The van der Waals surface area contributed by atoms with Crippen molar-refractivity contribution in [3.05, 3.63) is 57.9 Å². The number of amides is 1. The molecule has 0 fully saturated rings. The summed E-state index contributed by atoms with van der Waals surface area (Å²) in [6, 6.07) is 9.82. The first-order valence-corrected chi connectivity index (χ1v) is 8.81. The van der Waals surface area contributed by atoms with Gasteiger partial charge >= 0.3 is 0 Å². The van der Waals surface area contributed by atoms with E-state index in [0.29, 0.717) is 18.1 Å². The van der Waals surface area contributed by atoms with Crippen LogP contribution >= 0.6 is 11.6 Å². The smallest absolute Gasteiger partial charge is 0.246 e. The predicted octanol–water partition coefficient (Wildman–Crippen LogP) is 3.83. The molecule has 0 aliphatic carbocycles. The predicted molar refractivity (Wildman–Crippen MR) is 104 cm³/mol. The lowest BCUT2D eigenvalue weighted by atomic mass is 10.1. The normalized spacial score (nSPS) is 12.2. The van der Waals surface area contributed by atoms with Crippen LogP contribution in [0.4, 0.5) is 0 Å². The van der Waals surface area contributed by atoms with Crippen LogP contribution in [0.2, 0.25) is 5.02 Å². The SMILES string of the molecule is Cc1nn(Cc2ccccc2Cl)c(C)c1/C=C/C(=O)N(C)C[C@H](C)C#N. The number of hydrogen-bond acceptors (Lipinski definition) is 3. The molecule has 5 nitrogen and oxygen atoms in total. The number of nitriles is 1. The van der Waals surface area contributed by atoms with Crippen LogP contribution in [-0.2, 0) is 11.3 Å². The lowest BCUT2D eigenvalue weighted by Crippen LogP contribution is -2.29. The molecule has 1 atom stereocenters. The van der Waals surface area contributed by atoms with Gasteiger partial charge in [0, 0.05) is 35.9 Å². The van der Waals surface area contributed by atoms with Gasteiger partial charge in [0.2, 0.25) is 5.91 Å². The van der Waals surface area contributed by atoms with Crippen LogP contribution in [-0.4, -0.2) is 34.2 Å². The highest BCUT2D eigenvalue weighted by Gasteiger charge is 2.13. The average molecular weight is 371 g/mol. The number of likely N-dealkylation sites (N-methyl/N-ethyl adjacent to an activating group) is 1. The van der Waals surface area contributed by atoms with E-state index in [1.807, 2.05) is 42.8 Å². The molecule has 0 bridgehead atoms. The summed E-state index contributed by atoms with van der Waals surface area (Å²) in [6.45, 7) is 6.67.